The summed E-state index contributed by atoms with van der Waals surface area (Å²) in [5.41, 5.74) is 0.935. The first kappa shape index (κ1) is 20.4. The number of rotatable bonds is 5. The number of carboxylic acids is 1. The van der Waals surface area contributed by atoms with E-state index in [9.17, 15) is 19.2 Å². The number of benzene rings is 2. The van der Waals surface area contributed by atoms with Gasteiger partial charge in [0.15, 0.2) is 5.75 Å². The molecule has 1 heterocycles. The molecule has 0 aliphatic carbocycles. The first-order chi connectivity index (χ1) is 13.7. The van der Waals surface area contributed by atoms with Crippen molar-refractivity contribution in [3.63, 3.8) is 0 Å². The summed E-state index contributed by atoms with van der Waals surface area (Å²) in [6.45, 7) is 0.0900. The van der Waals surface area contributed by atoms with Crippen molar-refractivity contribution in [2.24, 2.45) is 0 Å². The van der Waals surface area contributed by atoms with E-state index in [0.717, 1.165) is 0 Å². The van der Waals surface area contributed by atoms with Crippen LogP contribution in [0.2, 0.25) is 10.0 Å². The summed E-state index contributed by atoms with van der Waals surface area (Å²) in [5, 5.41) is 13.1. The van der Waals surface area contributed by atoms with Crippen LogP contribution in [0.5, 0.6) is 5.75 Å². The summed E-state index contributed by atoms with van der Waals surface area (Å²) >= 11 is 12.4. The molecule has 0 atom stereocenters. The highest BCUT2D eigenvalue weighted by atomic mass is 35.5. The second kappa shape index (κ2) is 8.34. The van der Waals surface area contributed by atoms with Crippen LogP contribution in [0.3, 0.4) is 0 Å². The van der Waals surface area contributed by atoms with E-state index in [2.05, 4.69) is 0 Å². The first-order valence-corrected chi connectivity index (χ1v) is 8.82. The van der Waals surface area contributed by atoms with Crippen molar-refractivity contribution < 1.29 is 29.0 Å². The van der Waals surface area contributed by atoms with Crippen LogP contribution in [-0.4, -0.2) is 28.9 Å². The number of barbiturate groups is 1. The lowest BCUT2D eigenvalue weighted by atomic mass is 10.1. The SMILES string of the molecule is O=C1NC(=O)C(=Cc2cc(Cl)c(OCc3ccc(C(=O)O)cc3)c(Cl)c2)C(=O)N1. The Kier molecular flexibility index (Phi) is 5.86. The molecule has 1 saturated heterocycles. The van der Waals surface area contributed by atoms with Gasteiger partial charge in [0, 0.05) is 0 Å². The molecule has 3 rings (SSSR count). The van der Waals surface area contributed by atoms with Crippen LogP contribution in [0.15, 0.2) is 42.0 Å². The molecule has 8 nitrogen and oxygen atoms in total. The van der Waals surface area contributed by atoms with E-state index in [4.69, 9.17) is 33.0 Å². The molecule has 1 aliphatic rings. The Labute approximate surface area is 174 Å². The second-order valence-electron chi connectivity index (χ2n) is 5.90. The van der Waals surface area contributed by atoms with Crippen LogP contribution >= 0.6 is 23.2 Å². The van der Waals surface area contributed by atoms with Gasteiger partial charge in [0.05, 0.1) is 15.6 Å². The third kappa shape index (κ3) is 4.74. The van der Waals surface area contributed by atoms with Crippen molar-refractivity contribution in [2.75, 3.05) is 0 Å². The predicted octanol–water partition coefficient (Wildman–Crippen LogP) is 3.02. The van der Waals surface area contributed by atoms with Crippen molar-refractivity contribution >= 4 is 53.1 Å². The Hall–Kier alpha value is -3.36. The molecule has 0 spiro atoms. The molecule has 2 aromatic carbocycles. The van der Waals surface area contributed by atoms with Gasteiger partial charge in [-0.1, -0.05) is 35.3 Å². The second-order valence-corrected chi connectivity index (χ2v) is 6.71. The minimum Gasteiger partial charge on any atom is -0.486 e. The molecule has 10 heteroatoms. The number of amides is 4. The normalized spacial score (nSPS) is 13.6. The molecule has 148 valence electrons. The average molecular weight is 435 g/mol. The first-order valence-electron chi connectivity index (χ1n) is 8.07. The number of halogens is 2. The Bertz CT molecular complexity index is 1020. The Morgan fingerprint density at radius 3 is 2.07 bits per heavy atom. The number of ether oxygens (including phenoxy) is 1. The van der Waals surface area contributed by atoms with Gasteiger partial charge in [-0.2, -0.15) is 0 Å². The van der Waals surface area contributed by atoms with Crippen LogP contribution < -0.4 is 15.4 Å². The molecule has 1 fully saturated rings. The van der Waals surface area contributed by atoms with Gasteiger partial charge in [-0.15, -0.1) is 0 Å². The van der Waals surface area contributed by atoms with Gasteiger partial charge in [0.2, 0.25) is 0 Å². The summed E-state index contributed by atoms with van der Waals surface area (Å²) in [4.78, 5) is 45.6. The van der Waals surface area contributed by atoms with E-state index in [-0.39, 0.29) is 33.5 Å². The number of aromatic carboxylic acids is 1. The molecule has 4 amide bonds. The third-order valence-corrected chi connectivity index (χ3v) is 4.42. The zero-order chi connectivity index (χ0) is 21.1. The Morgan fingerprint density at radius 1 is 1.00 bits per heavy atom. The van der Waals surface area contributed by atoms with Gasteiger partial charge in [-0.3, -0.25) is 20.2 Å². The van der Waals surface area contributed by atoms with Crippen LogP contribution in [-0.2, 0) is 16.2 Å². The maximum Gasteiger partial charge on any atom is 0.335 e. The summed E-state index contributed by atoms with van der Waals surface area (Å²) in [6.07, 6.45) is 1.24. The van der Waals surface area contributed by atoms with Crippen molar-refractivity contribution in [1.82, 2.24) is 10.6 Å². The van der Waals surface area contributed by atoms with Gasteiger partial charge in [-0.05, 0) is 41.5 Å². The minimum atomic E-state index is -1.03. The van der Waals surface area contributed by atoms with Crippen molar-refractivity contribution in [3.05, 3.63) is 68.7 Å². The third-order valence-electron chi connectivity index (χ3n) is 3.86. The van der Waals surface area contributed by atoms with Crippen LogP contribution in [0, 0.1) is 0 Å². The number of hydrogen-bond acceptors (Lipinski definition) is 5. The van der Waals surface area contributed by atoms with E-state index in [1.807, 2.05) is 10.6 Å². The molecule has 29 heavy (non-hydrogen) atoms. The lowest BCUT2D eigenvalue weighted by Crippen LogP contribution is -2.51. The van der Waals surface area contributed by atoms with E-state index in [0.29, 0.717) is 11.1 Å². The standard InChI is InChI=1S/C19H12Cl2N2O6/c20-13-6-10(5-12-16(24)22-19(28)23-17(12)25)7-14(21)15(13)29-8-9-1-3-11(4-2-9)18(26)27/h1-7H,8H2,(H,26,27)(H2,22,23,24,25,28). The van der Waals surface area contributed by atoms with Crippen LogP contribution in [0.1, 0.15) is 21.5 Å². The van der Waals surface area contributed by atoms with Gasteiger partial charge in [0.25, 0.3) is 11.8 Å². The number of hydrogen-bond donors (Lipinski definition) is 3. The molecule has 3 N–H and O–H groups in total. The van der Waals surface area contributed by atoms with Gasteiger partial charge in [-0.25, -0.2) is 9.59 Å². The van der Waals surface area contributed by atoms with Crippen molar-refractivity contribution in [2.45, 2.75) is 6.61 Å². The average Bonchev–Trinajstić information content (AvgIpc) is 2.64. The monoisotopic (exact) mass is 434 g/mol. The fraction of sp³-hybridized carbons (Fsp3) is 0.0526. The zero-order valence-corrected chi connectivity index (χ0v) is 16.0. The van der Waals surface area contributed by atoms with Gasteiger partial charge in [0.1, 0.15) is 12.2 Å². The summed E-state index contributed by atoms with van der Waals surface area (Å²) in [5.74, 6) is -2.52. The molecular weight excluding hydrogens is 423 g/mol. The number of carbonyl (C=O) groups excluding carboxylic acids is 3. The van der Waals surface area contributed by atoms with E-state index < -0.39 is 23.8 Å². The molecule has 2 aromatic rings. The molecule has 0 radical (unpaired) electrons. The Balaban J connectivity index is 1.78. The van der Waals surface area contributed by atoms with Crippen molar-refractivity contribution in [1.29, 1.82) is 0 Å². The Morgan fingerprint density at radius 2 is 1.55 bits per heavy atom. The predicted molar refractivity (Wildman–Crippen MR) is 104 cm³/mol. The lowest BCUT2D eigenvalue weighted by molar-refractivity contribution is -0.123. The smallest absolute Gasteiger partial charge is 0.335 e. The maximum atomic E-state index is 11.8. The highest BCUT2D eigenvalue weighted by Crippen LogP contribution is 2.35. The topological polar surface area (TPSA) is 122 Å². The van der Waals surface area contributed by atoms with E-state index in [1.54, 1.807) is 12.1 Å². The van der Waals surface area contributed by atoms with Crippen LogP contribution in [0.4, 0.5) is 4.79 Å². The zero-order valence-electron chi connectivity index (χ0n) is 14.5. The quantitative estimate of drug-likeness (QED) is 0.491. The molecule has 0 bridgehead atoms. The largest absolute Gasteiger partial charge is 0.486 e. The maximum absolute atomic E-state index is 11.8. The summed E-state index contributed by atoms with van der Waals surface area (Å²) in [6, 6.07) is 8.10. The highest BCUT2D eigenvalue weighted by Gasteiger charge is 2.27. The number of carboxylic acid groups (broad SMARTS) is 1. The van der Waals surface area contributed by atoms with E-state index in [1.165, 1.54) is 30.3 Å². The molecule has 0 saturated carbocycles. The number of carbonyl (C=O) groups is 4. The molecule has 0 aromatic heterocycles. The minimum absolute atomic E-state index is 0.0900. The summed E-state index contributed by atoms with van der Waals surface area (Å²) in [7, 11) is 0. The van der Waals surface area contributed by atoms with Crippen molar-refractivity contribution in [3.8, 4) is 5.75 Å². The number of urea groups is 1. The van der Waals surface area contributed by atoms with Gasteiger partial charge >= 0.3 is 12.0 Å². The van der Waals surface area contributed by atoms with Crippen LogP contribution in [0.25, 0.3) is 6.08 Å². The fourth-order valence-electron chi connectivity index (χ4n) is 2.47. The molecule has 0 unspecified atom stereocenters. The lowest BCUT2D eigenvalue weighted by Gasteiger charge is -2.15. The number of nitrogens with one attached hydrogen (secondary N) is 2. The van der Waals surface area contributed by atoms with Gasteiger partial charge < -0.3 is 9.84 Å². The number of imide groups is 2. The molecular formula is C19H12Cl2N2O6. The highest BCUT2D eigenvalue weighted by molar-refractivity contribution is 6.37. The summed E-state index contributed by atoms with van der Waals surface area (Å²) < 4.78 is 5.62. The molecule has 1 aliphatic heterocycles. The van der Waals surface area contributed by atoms with E-state index >= 15 is 0 Å². The fourth-order valence-corrected chi connectivity index (χ4v) is 3.09.